The molecular weight excluding hydrogens is 190 g/mol. The molecule has 1 unspecified atom stereocenters. The van der Waals surface area contributed by atoms with Crippen LogP contribution in [0.4, 0.5) is 0 Å². The fraction of sp³-hybridized carbons (Fsp3) is 0.909. The largest absolute Gasteiger partial charge is 0.344 e. The van der Waals surface area contributed by atoms with Crippen LogP contribution in [0.5, 0.6) is 0 Å². The number of likely N-dealkylation sites (tertiary alicyclic amines) is 1. The Morgan fingerprint density at radius 1 is 1.53 bits per heavy atom. The summed E-state index contributed by atoms with van der Waals surface area (Å²) in [4.78, 5) is 15.4. The summed E-state index contributed by atoms with van der Waals surface area (Å²) < 4.78 is 0. The van der Waals surface area contributed by atoms with Gasteiger partial charge in [0.2, 0.25) is 5.91 Å². The fourth-order valence-corrected chi connectivity index (χ4v) is 2.17. The van der Waals surface area contributed by atoms with Gasteiger partial charge in [-0.1, -0.05) is 6.42 Å². The summed E-state index contributed by atoms with van der Waals surface area (Å²) in [6, 6.07) is 0.510. The van der Waals surface area contributed by atoms with E-state index in [1.807, 2.05) is 7.05 Å². The second-order valence-electron chi connectivity index (χ2n) is 4.37. The Labute approximate surface area is 92.4 Å². The third kappa shape index (κ3) is 3.80. The lowest BCUT2D eigenvalue weighted by molar-refractivity contribution is -0.128. The predicted octanol–water partition coefficient (Wildman–Crippen LogP) is 0.278. The van der Waals surface area contributed by atoms with E-state index >= 15 is 0 Å². The van der Waals surface area contributed by atoms with Gasteiger partial charge in [-0.15, -0.1) is 0 Å². The Balaban J connectivity index is 2.45. The quantitative estimate of drug-likeness (QED) is 0.729. The highest BCUT2D eigenvalue weighted by Gasteiger charge is 2.23. The molecule has 0 spiro atoms. The van der Waals surface area contributed by atoms with Crippen molar-refractivity contribution in [3.8, 4) is 0 Å². The first kappa shape index (κ1) is 12.5. The van der Waals surface area contributed by atoms with Crippen LogP contribution in [0.25, 0.3) is 0 Å². The van der Waals surface area contributed by atoms with Crippen LogP contribution in [0.2, 0.25) is 0 Å². The normalized spacial score (nSPS) is 22.7. The third-order valence-electron chi connectivity index (χ3n) is 3.19. The topological polar surface area (TPSA) is 49.6 Å². The molecule has 1 rings (SSSR count). The molecule has 0 saturated carbocycles. The van der Waals surface area contributed by atoms with E-state index < -0.39 is 0 Å². The molecule has 1 atom stereocenters. The van der Waals surface area contributed by atoms with Crippen LogP contribution in [0, 0.1) is 0 Å². The molecule has 4 nitrogen and oxygen atoms in total. The summed E-state index contributed by atoms with van der Waals surface area (Å²) in [5.41, 5.74) is 5.59. The number of carbonyl (C=O) groups is 1. The Morgan fingerprint density at radius 3 is 2.87 bits per heavy atom. The van der Waals surface area contributed by atoms with Crippen LogP contribution in [-0.2, 0) is 4.79 Å². The van der Waals surface area contributed by atoms with E-state index in [0.717, 1.165) is 19.6 Å². The van der Waals surface area contributed by atoms with Gasteiger partial charge in [-0.25, -0.2) is 0 Å². The summed E-state index contributed by atoms with van der Waals surface area (Å²) in [7, 11) is 1.87. The van der Waals surface area contributed by atoms with Crippen molar-refractivity contribution < 1.29 is 4.79 Å². The van der Waals surface area contributed by atoms with Gasteiger partial charge in [0, 0.05) is 39.6 Å². The highest BCUT2D eigenvalue weighted by atomic mass is 16.2. The maximum atomic E-state index is 11.2. The van der Waals surface area contributed by atoms with Gasteiger partial charge >= 0.3 is 0 Å². The number of carbonyl (C=O) groups excluding carboxylic acids is 1. The summed E-state index contributed by atoms with van der Waals surface area (Å²) in [6.45, 7) is 5.26. The first-order valence-electron chi connectivity index (χ1n) is 5.81. The van der Waals surface area contributed by atoms with Gasteiger partial charge in [-0.3, -0.25) is 9.69 Å². The Morgan fingerprint density at radius 2 is 2.27 bits per heavy atom. The van der Waals surface area contributed by atoms with Crippen molar-refractivity contribution in [2.45, 2.75) is 32.2 Å². The molecule has 15 heavy (non-hydrogen) atoms. The summed E-state index contributed by atoms with van der Waals surface area (Å²) in [6.07, 6.45) is 3.73. The number of nitrogens with two attached hydrogens (primary N) is 1. The molecule has 88 valence electrons. The van der Waals surface area contributed by atoms with Gasteiger partial charge in [0.1, 0.15) is 0 Å². The zero-order valence-corrected chi connectivity index (χ0v) is 9.91. The average molecular weight is 213 g/mol. The van der Waals surface area contributed by atoms with E-state index in [1.54, 1.807) is 11.8 Å². The molecule has 0 aromatic heterocycles. The second-order valence-corrected chi connectivity index (χ2v) is 4.37. The van der Waals surface area contributed by atoms with Crippen LogP contribution in [0.3, 0.4) is 0 Å². The summed E-state index contributed by atoms with van der Waals surface area (Å²) >= 11 is 0. The second kappa shape index (κ2) is 6.08. The minimum absolute atomic E-state index is 0.147. The van der Waals surface area contributed by atoms with Crippen LogP contribution in [0.15, 0.2) is 0 Å². The van der Waals surface area contributed by atoms with Crippen molar-refractivity contribution in [2.75, 3.05) is 33.2 Å². The standard InChI is InChI=1S/C11H23N3O/c1-10(15)13(2)9-11-5-3-4-7-14(11)8-6-12/h11H,3-9,12H2,1-2H3. The van der Waals surface area contributed by atoms with Crippen molar-refractivity contribution in [1.82, 2.24) is 9.80 Å². The minimum atomic E-state index is 0.147. The number of nitrogens with zero attached hydrogens (tertiary/aromatic N) is 2. The number of likely N-dealkylation sites (N-methyl/N-ethyl adjacent to an activating group) is 1. The van der Waals surface area contributed by atoms with Crippen molar-refractivity contribution in [2.24, 2.45) is 5.73 Å². The first-order valence-corrected chi connectivity index (χ1v) is 5.81. The highest BCUT2D eigenvalue weighted by molar-refractivity contribution is 5.72. The SMILES string of the molecule is CC(=O)N(C)CC1CCCCN1CCN. The molecule has 0 aliphatic carbocycles. The average Bonchev–Trinajstić information content (AvgIpc) is 2.21. The number of piperidine rings is 1. The van der Waals surface area contributed by atoms with Crippen molar-refractivity contribution in [1.29, 1.82) is 0 Å². The maximum absolute atomic E-state index is 11.2. The number of hydrogen-bond donors (Lipinski definition) is 1. The molecule has 0 bridgehead atoms. The minimum Gasteiger partial charge on any atom is -0.344 e. The van der Waals surface area contributed by atoms with Crippen LogP contribution < -0.4 is 5.73 Å². The highest BCUT2D eigenvalue weighted by Crippen LogP contribution is 2.17. The zero-order chi connectivity index (χ0) is 11.3. The van der Waals surface area contributed by atoms with E-state index in [0.29, 0.717) is 12.6 Å². The van der Waals surface area contributed by atoms with Crippen molar-refractivity contribution in [3.63, 3.8) is 0 Å². The van der Waals surface area contributed by atoms with Crippen LogP contribution >= 0.6 is 0 Å². The van der Waals surface area contributed by atoms with Gasteiger partial charge in [-0.2, -0.15) is 0 Å². The fourth-order valence-electron chi connectivity index (χ4n) is 2.17. The number of rotatable bonds is 4. The van der Waals surface area contributed by atoms with E-state index in [1.165, 1.54) is 19.3 Å². The molecule has 1 aliphatic rings. The zero-order valence-electron chi connectivity index (χ0n) is 9.91. The van der Waals surface area contributed by atoms with Gasteiger partial charge in [-0.05, 0) is 19.4 Å². The van der Waals surface area contributed by atoms with E-state index in [9.17, 15) is 4.79 Å². The molecule has 0 aromatic rings. The number of amides is 1. The molecule has 1 amide bonds. The Kier molecular flexibility index (Phi) is 5.05. The van der Waals surface area contributed by atoms with Gasteiger partial charge < -0.3 is 10.6 Å². The Hall–Kier alpha value is -0.610. The maximum Gasteiger partial charge on any atom is 0.219 e. The molecule has 0 radical (unpaired) electrons. The Bertz CT molecular complexity index is 206. The van der Waals surface area contributed by atoms with Gasteiger partial charge in [0.05, 0.1) is 0 Å². The summed E-state index contributed by atoms with van der Waals surface area (Å²) in [5, 5.41) is 0. The molecular formula is C11H23N3O. The third-order valence-corrected chi connectivity index (χ3v) is 3.19. The predicted molar refractivity (Wildman–Crippen MR) is 61.6 cm³/mol. The molecule has 1 aliphatic heterocycles. The lowest BCUT2D eigenvalue weighted by Crippen LogP contribution is -2.48. The first-order chi connectivity index (χ1) is 7.15. The number of hydrogen-bond acceptors (Lipinski definition) is 3. The monoisotopic (exact) mass is 213 g/mol. The lowest BCUT2D eigenvalue weighted by Gasteiger charge is -2.37. The molecule has 4 heteroatoms. The van der Waals surface area contributed by atoms with Crippen LogP contribution in [0.1, 0.15) is 26.2 Å². The molecule has 2 N–H and O–H groups in total. The van der Waals surface area contributed by atoms with E-state index in [4.69, 9.17) is 5.73 Å². The van der Waals surface area contributed by atoms with Gasteiger partial charge in [0.25, 0.3) is 0 Å². The molecule has 1 saturated heterocycles. The van der Waals surface area contributed by atoms with Crippen molar-refractivity contribution >= 4 is 5.91 Å². The smallest absolute Gasteiger partial charge is 0.219 e. The van der Waals surface area contributed by atoms with E-state index in [-0.39, 0.29) is 5.91 Å². The lowest BCUT2D eigenvalue weighted by atomic mass is 10.0. The van der Waals surface area contributed by atoms with Gasteiger partial charge in [0.15, 0.2) is 0 Å². The molecule has 1 heterocycles. The van der Waals surface area contributed by atoms with E-state index in [2.05, 4.69) is 4.90 Å². The molecule has 1 fully saturated rings. The summed E-state index contributed by atoms with van der Waals surface area (Å²) in [5.74, 6) is 0.147. The molecule has 0 aromatic carbocycles. The van der Waals surface area contributed by atoms with Crippen LogP contribution in [-0.4, -0.2) is 55.0 Å². The van der Waals surface area contributed by atoms with Crippen molar-refractivity contribution in [3.05, 3.63) is 0 Å².